The molecule has 0 saturated carbocycles. The third-order valence-corrected chi connectivity index (χ3v) is 3.71. The number of nitrogens with zero attached hydrogens (tertiary/aromatic N) is 1. The summed E-state index contributed by atoms with van der Waals surface area (Å²) in [5.74, 6) is -0.148. The summed E-state index contributed by atoms with van der Waals surface area (Å²) in [6.45, 7) is 1.59. The smallest absolute Gasteiger partial charge is 0.267 e. The van der Waals surface area contributed by atoms with Crippen LogP contribution in [0.4, 0.5) is 5.69 Å². The van der Waals surface area contributed by atoms with Gasteiger partial charge in [-0.3, -0.25) is 4.79 Å². The lowest BCUT2D eigenvalue weighted by atomic mass is 10.2. The number of amides is 1. The Kier molecular flexibility index (Phi) is 6.01. The van der Waals surface area contributed by atoms with Crippen molar-refractivity contribution in [1.29, 1.82) is 0 Å². The van der Waals surface area contributed by atoms with E-state index in [0.29, 0.717) is 16.3 Å². The predicted octanol–water partition coefficient (Wildman–Crippen LogP) is 3.77. The molecule has 0 aliphatic rings. The van der Waals surface area contributed by atoms with Gasteiger partial charge in [0.1, 0.15) is 0 Å². The van der Waals surface area contributed by atoms with E-state index in [2.05, 4.69) is 26.4 Å². The number of hydrogen-bond donors (Lipinski definition) is 2. The first-order valence-corrected chi connectivity index (χ1v) is 7.94. The molecule has 5 nitrogen and oxygen atoms in total. The number of oxime groups is 1. The summed E-state index contributed by atoms with van der Waals surface area (Å²) in [5.41, 5.74) is 7.14. The fourth-order valence-electron chi connectivity index (χ4n) is 1.63. The monoisotopic (exact) mass is 395 g/mol. The zero-order valence-corrected chi connectivity index (χ0v) is 14.6. The summed E-state index contributed by atoms with van der Waals surface area (Å²) in [6.07, 6.45) is -0.788. The molecule has 120 valence electrons. The van der Waals surface area contributed by atoms with Crippen LogP contribution in [-0.4, -0.2) is 17.8 Å². The molecule has 0 aliphatic heterocycles. The van der Waals surface area contributed by atoms with Gasteiger partial charge in [0.25, 0.3) is 5.91 Å². The average Bonchev–Trinajstić information content (AvgIpc) is 2.55. The molecule has 0 aromatic heterocycles. The van der Waals surface area contributed by atoms with Gasteiger partial charge >= 0.3 is 0 Å². The molecule has 0 bridgehead atoms. The zero-order valence-electron chi connectivity index (χ0n) is 12.3. The molecule has 23 heavy (non-hydrogen) atoms. The fourth-order valence-corrected chi connectivity index (χ4v) is 2.02. The SMILES string of the molecule is CC(O/N=C(\N)c1ccc(Cl)cc1)C(=O)Nc1ccc(Br)cc1. The molecule has 3 N–H and O–H groups in total. The Labute approximate surface area is 147 Å². The maximum Gasteiger partial charge on any atom is 0.267 e. The van der Waals surface area contributed by atoms with Crippen LogP contribution in [0, 0.1) is 0 Å². The van der Waals surface area contributed by atoms with Gasteiger partial charge in [-0.25, -0.2) is 0 Å². The van der Waals surface area contributed by atoms with Gasteiger partial charge in [-0.1, -0.05) is 32.7 Å². The largest absolute Gasteiger partial charge is 0.381 e. The highest BCUT2D eigenvalue weighted by Gasteiger charge is 2.14. The Morgan fingerprint density at radius 3 is 2.43 bits per heavy atom. The number of benzene rings is 2. The average molecular weight is 397 g/mol. The molecule has 7 heteroatoms. The lowest BCUT2D eigenvalue weighted by Gasteiger charge is -2.11. The summed E-state index contributed by atoms with van der Waals surface area (Å²) in [6, 6.07) is 14.1. The summed E-state index contributed by atoms with van der Waals surface area (Å²) < 4.78 is 0.931. The number of hydrogen-bond acceptors (Lipinski definition) is 3. The normalized spacial score (nSPS) is 12.6. The first-order valence-electron chi connectivity index (χ1n) is 6.77. The first-order chi connectivity index (χ1) is 11.0. The molecule has 0 fully saturated rings. The number of amidine groups is 1. The maximum absolute atomic E-state index is 12.0. The van der Waals surface area contributed by atoms with Crippen molar-refractivity contribution in [1.82, 2.24) is 0 Å². The summed E-state index contributed by atoms with van der Waals surface area (Å²) in [7, 11) is 0. The molecule has 2 rings (SSSR count). The molecule has 0 heterocycles. The molecule has 1 amide bonds. The third kappa shape index (κ3) is 5.26. The molecule has 2 aromatic rings. The second kappa shape index (κ2) is 7.99. The van der Waals surface area contributed by atoms with Crippen LogP contribution in [0.15, 0.2) is 58.2 Å². The van der Waals surface area contributed by atoms with Gasteiger partial charge in [-0.2, -0.15) is 0 Å². The van der Waals surface area contributed by atoms with Crippen LogP contribution >= 0.6 is 27.5 Å². The molecule has 0 spiro atoms. The molecule has 1 unspecified atom stereocenters. The molecule has 0 aliphatic carbocycles. The van der Waals surface area contributed by atoms with Gasteiger partial charge in [-0.15, -0.1) is 0 Å². The molecule has 1 atom stereocenters. The van der Waals surface area contributed by atoms with E-state index in [4.69, 9.17) is 22.2 Å². The predicted molar refractivity (Wildman–Crippen MR) is 95.5 cm³/mol. The first kappa shape index (κ1) is 17.3. The Bertz CT molecular complexity index is 702. The Balaban J connectivity index is 1.93. The number of nitrogens with two attached hydrogens (primary N) is 1. The van der Waals surface area contributed by atoms with E-state index in [-0.39, 0.29) is 11.7 Å². The van der Waals surface area contributed by atoms with Crippen LogP contribution in [0.5, 0.6) is 0 Å². The van der Waals surface area contributed by atoms with E-state index in [0.717, 1.165) is 4.47 Å². The minimum atomic E-state index is -0.788. The minimum absolute atomic E-state index is 0.171. The van der Waals surface area contributed by atoms with Crippen LogP contribution < -0.4 is 11.1 Å². The van der Waals surface area contributed by atoms with Crippen LogP contribution in [-0.2, 0) is 9.63 Å². The number of rotatable bonds is 5. The molecular formula is C16H15BrClN3O2. The topological polar surface area (TPSA) is 76.7 Å². The van der Waals surface area contributed by atoms with Gasteiger partial charge in [0.2, 0.25) is 6.10 Å². The fraction of sp³-hybridized carbons (Fsp3) is 0.125. The van der Waals surface area contributed by atoms with Crippen LogP contribution in [0.3, 0.4) is 0 Å². The van der Waals surface area contributed by atoms with Gasteiger partial charge in [0.05, 0.1) is 0 Å². The van der Waals surface area contributed by atoms with Crippen molar-refractivity contribution in [2.75, 3.05) is 5.32 Å². The van der Waals surface area contributed by atoms with Crippen molar-refractivity contribution in [2.24, 2.45) is 10.9 Å². The Morgan fingerprint density at radius 1 is 1.22 bits per heavy atom. The number of carbonyl (C=O) groups is 1. The van der Waals surface area contributed by atoms with Crippen molar-refractivity contribution in [3.05, 3.63) is 63.6 Å². The highest BCUT2D eigenvalue weighted by Crippen LogP contribution is 2.14. The van der Waals surface area contributed by atoms with Crippen LogP contribution in [0.25, 0.3) is 0 Å². The van der Waals surface area contributed by atoms with E-state index in [9.17, 15) is 4.79 Å². The Morgan fingerprint density at radius 2 is 1.83 bits per heavy atom. The second-order valence-electron chi connectivity index (χ2n) is 4.73. The van der Waals surface area contributed by atoms with Crippen molar-refractivity contribution in [3.63, 3.8) is 0 Å². The van der Waals surface area contributed by atoms with E-state index in [1.165, 1.54) is 0 Å². The number of halogens is 2. The number of carbonyl (C=O) groups excluding carboxylic acids is 1. The highest BCUT2D eigenvalue weighted by molar-refractivity contribution is 9.10. The Hall–Kier alpha value is -2.05. The quantitative estimate of drug-likeness (QED) is 0.459. The lowest BCUT2D eigenvalue weighted by Crippen LogP contribution is -2.27. The lowest BCUT2D eigenvalue weighted by molar-refractivity contribution is -0.126. The van der Waals surface area contributed by atoms with Crippen molar-refractivity contribution in [3.8, 4) is 0 Å². The second-order valence-corrected chi connectivity index (χ2v) is 6.08. The van der Waals surface area contributed by atoms with E-state index in [1.54, 1.807) is 43.3 Å². The van der Waals surface area contributed by atoms with Crippen molar-refractivity contribution in [2.45, 2.75) is 13.0 Å². The summed E-state index contributed by atoms with van der Waals surface area (Å²) >= 11 is 9.14. The molecule has 2 aromatic carbocycles. The standard InChI is InChI=1S/C16H15BrClN3O2/c1-10(16(22)20-14-8-4-12(17)5-9-14)23-21-15(19)11-2-6-13(18)7-3-11/h2-10H,1H3,(H2,19,21)(H,20,22). The van der Waals surface area contributed by atoms with Crippen LogP contribution in [0.2, 0.25) is 5.02 Å². The third-order valence-electron chi connectivity index (χ3n) is 2.93. The number of nitrogens with one attached hydrogen (secondary N) is 1. The molecular weight excluding hydrogens is 382 g/mol. The van der Waals surface area contributed by atoms with Gasteiger partial charge in [0.15, 0.2) is 5.84 Å². The molecule has 0 saturated heterocycles. The van der Waals surface area contributed by atoms with Crippen molar-refractivity contribution >= 4 is 45.0 Å². The van der Waals surface area contributed by atoms with E-state index in [1.807, 2.05) is 12.1 Å². The van der Waals surface area contributed by atoms with Gasteiger partial charge in [0, 0.05) is 20.7 Å². The minimum Gasteiger partial charge on any atom is -0.381 e. The van der Waals surface area contributed by atoms with Gasteiger partial charge in [-0.05, 0) is 55.5 Å². The highest BCUT2D eigenvalue weighted by atomic mass is 79.9. The summed E-state index contributed by atoms with van der Waals surface area (Å²) in [4.78, 5) is 17.2. The summed E-state index contributed by atoms with van der Waals surface area (Å²) in [5, 5.41) is 7.11. The van der Waals surface area contributed by atoms with Crippen LogP contribution in [0.1, 0.15) is 12.5 Å². The van der Waals surface area contributed by atoms with E-state index >= 15 is 0 Å². The van der Waals surface area contributed by atoms with E-state index < -0.39 is 6.10 Å². The maximum atomic E-state index is 12.0. The number of anilines is 1. The molecule has 0 radical (unpaired) electrons. The van der Waals surface area contributed by atoms with Crippen molar-refractivity contribution < 1.29 is 9.63 Å². The van der Waals surface area contributed by atoms with Gasteiger partial charge < -0.3 is 15.9 Å². The zero-order chi connectivity index (χ0) is 16.8.